The maximum absolute atomic E-state index is 14.9. The van der Waals surface area contributed by atoms with Crippen LogP contribution in [0.15, 0.2) is 54.6 Å². The molecular weight excluding hydrogens is 706 g/mol. The summed E-state index contributed by atoms with van der Waals surface area (Å²) in [6, 6.07) is 15.7. The molecule has 0 aromatic heterocycles. The molecule has 0 bridgehead atoms. The van der Waals surface area contributed by atoms with Gasteiger partial charge in [-0.25, -0.2) is 14.4 Å². The third-order valence-electron chi connectivity index (χ3n) is 10.1. The first-order valence-electron chi connectivity index (χ1n) is 19.2. The second-order valence-corrected chi connectivity index (χ2v) is 16.1. The molecule has 2 aromatic rings. The van der Waals surface area contributed by atoms with Crippen LogP contribution in [0.1, 0.15) is 78.4 Å². The standard InChI is InChI=1S/C42H59N3O10/c1-29(2)26-42(30(3)27-46,39(49)55-52-28-33-12-10-9-11-13-33)44(8)37(47)36(25-32-16-18-34(19-17-32)45-20-22-51-23-21-45)53-38(48)35(24-31-14-15-31)43(7)40(50)54-41(4,5)6/h9-13,16-19,27,29-31,35-36H,14-15,20-26,28H2,1-8H3/t30?,35-,36+,42-/m0/s1. The number of rotatable bonds is 18. The molecule has 1 aliphatic carbocycles. The molecule has 0 spiro atoms. The fourth-order valence-corrected chi connectivity index (χ4v) is 6.80. The molecule has 4 atom stereocenters. The third-order valence-corrected chi connectivity index (χ3v) is 10.1. The Kier molecular flexibility index (Phi) is 15.2. The highest BCUT2D eigenvalue weighted by molar-refractivity contribution is 5.93. The lowest BCUT2D eigenvalue weighted by Crippen LogP contribution is -2.63. The number of nitrogens with zero attached hydrogens (tertiary/aromatic N) is 3. The van der Waals surface area contributed by atoms with Gasteiger partial charge in [0.2, 0.25) is 0 Å². The first-order valence-corrected chi connectivity index (χ1v) is 19.2. The molecule has 13 nitrogen and oxygen atoms in total. The summed E-state index contributed by atoms with van der Waals surface area (Å²) in [5, 5.41) is 0. The van der Waals surface area contributed by atoms with E-state index in [0.717, 1.165) is 37.2 Å². The molecule has 2 fully saturated rings. The second-order valence-electron chi connectivity index (χ2n) is 16.1. The van der Waals surface area contributed by atoms with Crippen LogP contribution < -0.4 is 4.90 Å². The van der Waals surface area contributed by atoms with E-state index >= 15 is 0 Å². The number of carbonyl (C=O) groups excluding carboxylic acids is 5. The number of amides is 2. The molecule has 1 saturated heterocycles. The van der Waals surface area contributed by atoms with Crippen molar-refractivity contribution in [2.45, 2.75) is 104 Å². The lowest BCUT2D eigenvalue weighted by atomic mass is 9.77. The van der Waals surface area contributed by atoms with Gasteiger partial charge in [0.25, 0.3) is 5.91 Å². The van der Waals surface area contributed by atoms with Crippen LogP contribution in [0.4, 0.5) is 10.5 Å². The number of esters is 1. The number of likely N-dealkylation sites (N-methyl/N-ethyl adjacent to an activating group) is 2. The summed E-state index contributed by atoms with van der Waals surface area (Å²) >= 11 is 0. The Hall–Kier alpha value is -4.49. The predicted octanol–water partition coefficient (Wildman–Crippen LogP) is 5.77. The number of carbonyl (C=O) groups is 5. The first kappa shape index (κ1) is 43.2. The van der Waals surface area contributed by atoms with Crippen LogP contribution in [0.3, 0.4) is 0 Å². The van der Waals surface area contributed by atoms with Crippen LogP contribution in [0.5, 0.6) is 0 Å². The summed E-state index contributed by atoms with van der Waals surface area (Å²) in [7, 11) is 2.90. The largest absolute Gasteiger partial charge is 0.450 e. The quantitative estimate of drug-likeness (QED) is 0.0791. The van der Waals surface area contributed by atoms with E-state index in [9.17, 15) is 24.0 Å². The highest BCUT2D eigenvalue weighted by Crippen LogP contribution is 2.36. The molecular formula is C42H59N3O10. The van der Waals surface area contributed by atoms with E-state index in [1.807, 2.05) is 68.4 Å². The number of benzene rings is 2. The Morgan fingerprint density at radius 2 is 1.56 bits per heavy atom. The van der Waals surface area contributed by atoms with Gasteiger partial charge in [0.05, 0.1) is 13.2 Å². The van der Waals surface area contributed by atoms with E-state index < -0.39 is 53.1 Å². The van der Waals surface area contributed by atoms with Crippen molar-refractivity contribution < 1.29 is 48.0 Å². The second kappa shape index (κ2) is 19.4. The van der Waals surface area contributed by atoms with Crippen molar-refractivity contribution in [2.75, 3.05) is 45.3 Å². The van der Waals surface area contributed by atoms with E-state index in [1.54, 1.807) is 27.7 Å². The van der Waals surface area contributed by atoms with Gasteiger partial charge < -0.3 is 28.8 Å². The molecule has 1 aliphatic heterocycles. The molecule has 1 saturated carbocycles. The summed E-state index contributed by atoms with van der Waals surface area (Å²) in [5.41, 5.74) is -0.192. The van der Waals surface area contributed by atoms with Crippen molar-refractivity contribution in [3.63, 3.8) is 0 Å². The highest BCUT2D eigenvalue weighted by Gasteiger charge is 2.53. The molecule has 302 valence electrons. The van der Waals surface area contributed by atoms with Gasteiger partial charge in [-0.2, -0.15) is 4.89 Å². The molecule has 0 radical (unpaired) electrons. The van der Waals surface area contributed by atoms with Gasteiger partial charge in [0.15, 0.2) is 11.6 Å². The Labute approximate surface area is 325 Å². The van der Waals surface area contributed by atoms with Crippen LogP contribution in [-0.4, -0.2) is 104 Å². The molecule has 13 heteroatoms. The van der Waals surface area contributed by atoms with Crippen LogP contribution in [0, 0.1) is 17.8 Å². The minimum Gasteiger partial charge on any atom is -0.450 e. The van der Waals surface area contributed by atoms with Crippen molar-refractivity contribution in [3.05, 3.63) is 65.7 Å². The maximum Gasteiger partial charge on any atom is 0.410 e. The average Bonchev–Trinajstić information content (AvgIpc) is 3.99. The Morgan fingerprint density at radius 3 is 2.13 bits per heavy atom. The monoisotopic (exact) mass is 765 g/mol. The van der Waals surface area contributed by atoms with Crippen molar-refractivity contribution in [1.82, 2.24) is 9.80 Å². The smallest absolute Gasteiger partial charge is 0.410 e. The van der Waals surface area contributed by atoms with Gasteiger partial charge in [0, 0.05) is 45.2 Å². The van der Waals surface area contributed by atoms with Crippen molar-refractivity contribution in [3.8, 4) is 0 Å². The van der Waals surface area contributed by atoms with Crippen LogP contribution in [-0.2, 0) is 56.2 Å². The van der Waals surface area contributed by atoms with E-state index in [2.05, 4.69) is 4.90 Å². The summed E-state index contributed by atoms with van der Waals surface area (Å²) in [4.78, 5) is 84.3. The summed E-state index contributed by atoms with van der Waals surface area (Å²) in [6.45, 7) is 13.2. The zero-order chi connectivity index (χ0) is 40.3. The Balaban J connectivity index is 1.68. The Bertz CT molecular complexity index is 1580. The minimum absolute atomic E-state index is 0.0443. The molecule has 2 aliphatic rings. The first-order chi connectivity index (χ1) is 26.0. The molecule has 2 aromatic carbocycles. The van der Waals surface area contributed by atoms with E-state index in [0.29, 0.717) is 31.5 Å². The summed E-state index contributed by atoms with van der Waals surface area (Å²) in [5.74, 6) is -3.43. The molecule has 55 heavy (non-hydrogen) atoms. The zero-order valence-corrected chi connectivity index (χ0v) is 33.7. The van der Waals surface area contributed by atoms with Crippen LogP contribution in [0.2, 0.25) is 0 Å². The topological polar surface area (TPSA) is 141 Å². The van der Waals surface area contributed by atoms with Gasteiger partial charge in [-0.05, 0) is 68.7 Å². The third kappa shape index (κ3) is 12.0. The molecule has 1 unspecified atom stereocenters. The fraction of sp³-hybridized carbons (Fsp3) is 0.595. The van der Waals surface area contributed by atoms with Crippen LogP contribution >= 0.6 is 0 Å². The SMILES string of the molecule is CC(C)C[C@@](C(=O)OOCc1ccccc1)(C(C)C=O)N(C)C(=O)[C@@H](Cc1ccc(N2CCOCC2)cc1)OC(=O)[C@H](CC1CC1)N(C)C(=O)OC(C)(C)C. The summed E-state index contributed by atoms with van der Waals surface area (Å²) < 4.78 is 17.2. The number of morpholine rings is 1. The number of hydrogen-bond donors (Lipinski definition) is 0. The van der Waals surface area contributed by atoms with E-state index in [-0.39, 0.29) is 31.3 Å². The van der Waals surface area contributed by atoms with Gasteiger partial charge in [-0.3, -0.25) is 14.6 Å². The molecule has 2 amide bonds. The number of anilines is 1. The van der Waals surface area contributed by atoms with Crippen molar-refractivity contribution in [2.24, 2.45) is 17.8 Å². The van der Waals surface area contributed by atoms with E-state index in [4.69, 9.17) is 24.0 Å². The molecule has 4 rings (SSSR count). The van der Waals surface area contributed by atoms with Gasteiger partial charge >= 0.3 is 18.0 Å². The van der Waals surface area contributed by atoms with Crippen LogP contribution in [0.25, 0.3) is 0 Å². The normalized spacial score (nSPS) is 17.3. The zero-order valence-electron chi connectivity index (χ0n) is 33.7. The number of hydrogen-bond acceptors (Lipinski definition) is 11. The minimum atomic E-state index is -1.82. The summed E-state index contributed by atoms with van der Waals surface area (Å²) in [6.07, 6.45) is 0.624. The maximum atomic E-state index is 14.9. The Morgan fingerprint density at radius 1 is 0.927 bits per heavy atom. The molecule has 0 N–H and O–H groups in total. The van der Waals surface area contributed by atoms with E-state index in [1.165, 1.54) is 23.9 Å². The van der Waals surface area contributed by atoms with Crippen molar-refractivity contribution in [1.29, 1.82) is 0 Å². The predicted molar refractivity (Wildman–Crippen MR) is 206 cm³/mol. The molecule has 1 heterocycles. The van der Waals surface area contributed by atoms with Gasteiger partial charge in [0.1, 0.15) is 24.5 Å². The number of ether oxygens (including phenoxy) is 3. The highest BCUT2D eigenvalue weighted by atomic mass is 17.2. The van der Waals surface area contributed by atoms with Gasteiger partial charge in [-0.15, -0.1) is 0 Å². The number of aldehydes is 1. The lowest BCUT2D eigenvalue weighted by molar-refractivity contribution is -0.290. The van der Waals surface area contributed by atoms with Crippen molar-refractivity contribution >= 4 is 35.9 Å². The van der Waals surface area contributed by atoms with Gasteiger partial charge in [-0.1, -0.05) is 76.1 Å². The fourth-order valence-electron chi connectivity index (χ4n) is 6.80. The average molecular weight is 766 g/mol. The lowest BCUT2D eigenvalue weighted by Gasteiger charge is -2.43.